The summed E-state index contributed by atoms with van der Waals surface area (Å²) in [6.07, 6.45) is 2.01. The van der Waals surface area contributed by atoms with Crippen molar-refractivity contribution >= 4 is 34.8 Å². The normalized spacial score (nSPS) is 11.3. The molecular formula is C33H33FN6O4. The van der Waals surface area contributed by atoms with Gasteiger partial charge >= 0.3 is 0 Å². The van der Waals surface area contributed by atoms with Gasteiger partial charge in [0.2, 0.25) is 11.9 Å². The van der Waals surface area contributed by atoms with Crippen LogP contribution in [0.1, 0.15) is 36.7 Å². The van der Waals surface area contributed by atoms with E-state index in [-0.39, 0.29) is 30.7 Å². The molecule has 0 unspecified atom stereocenters. The number of aliphatic hydroxyl groups excluding tert-OH is 1. The van der Waals surface area contributed by atoms with E-state index < -0.39 is 5.54 Å². The summed E-state index contributed by atoms with van der Waals surface area (Å²) in [6.45, 7) is 5.52. The number of halogens is 1. The Labute approximate surface area is 253 Å². The minimum atomic E-state index is -0.761. The van der Waals surface area contributed by atoms with Gasteiger partial charge in [0.25, 0.3) is 5.91 Å². The maximum absolute atomic E-state index is 13.1. The van der Waals surface area contributed by atoms with Gasteiger partial charge in [0, 0.05) is 23.0 Å². The van der Waals surface area contributed by atoms with E-state index in [1.807, 2.05) is 49.5 Å². The van der Waals surface area contributed by atoms with Crippen molar-refractivity contribution < 1.29 is 23.8 Å². The van der Waals surface area contributed by atoms with Gasteiger partial charge in [-0.2, -0.15) is 4.98 Å². The molecule has 44 heavy (non-hydrogen) atoms. The predicted molar refractivity (Wildman–Crippen MR) is 167 cm³/mol. The second kappa shape index (κ2) is 12.9. The SMILES string of the molecule is CCOc1cc(C(=O)NC(C)(C)CO)ccc1Nc1nc2ccc(-c3ccc(NC(=O)Cc4ccc(F)cc4)cc3)cn2n1. The number of hydrogen-bond donors (Lipinski definition) is 4. The lowest BCUT2D eigenvalue weighted by atomic mass is 10.1. The Morgan fingerprint density at radius 2 is 1.70 bits per heavy atom. The minimum absolute atomic E-state index is 0.149. The lowest BCUT2D eigenvalue weighted by Crippen LogP contribution is -2.46. The van der Waals surface area contributed by atoms with Crippen LogP contribution < -0.4 is 20.7 Å². The molecule has 0 saturated heterocycles. The zero-order valence-electron chi connectivity index (χ0n) is 24.6. The molecule has 2 heterocycles. The van der Waals surface area contributed by atoms with Gasteiger partial charge in [-0.3, -0.25) is 9.59 Å². The van der Waals surface area contributed by atoms with E-state index in [0.29, 0.717) is 40.9 Å². The van der Waals surface area contributed by atoms with Crippen LogP contribution in [0.2, 0.25) is 0 Å². The molecule has 5 rings (SSSR count). The summed E-state index contributed by atoms with van der Waals surface area (Å²) < 4.78 is 20.6. The van der Waals surface area contributed by atoms with Crippen molar-refractivity contribution in [2.24, 2.45) is 0 Å². The molecule has 0 aliphatic rings. The first kappa shape index (κ1) is 30.2. The first-order valence-corrected chi connectivity index (χ1v) is 14.1. The predicted octanol–water partition coefficient (Wildman–Crippen LogP) is 5.36. The molecule has 0 aliphatic carbocycles. The summed E-state index contributed by atoms with van der Waals surface area (Å²) in [5, 5.41) is 22.9. The number of nitrogens with zero attached hydrogens (tertiary/aromatic N) is 3. The monoisotopic (exact) mass is 596 g/mol. The third-order valence-corrected chi connectivity index (χ3v) is 6.75. The fraction of sp³-hybridized carbons (Fsp3) is 0.212. The lowest BCUT2D eigenvalue weighted by Gasteiger charge is -2.23. The van der Waals surface area contributed by atoms with Crippen molar-refractivity contribution in [1.29, 1.82) is 0 Å². The number of hydrogen-bond acceptors (Lipinski definition) is 7. The molecule has 0 spiro atoms. The third-order valence-electron chi connectivity index (χ3n) is 6.75. The molecule has 0 saturated carbocycles. The van der Waals surface area contributed by atoms with Crippen LogP contribution in [0.15, 0.2) is 85.1 Å². The maximum atomic E-state index is 13.1. The zero-order chi connectivity index (χ0) is 31.3. The Hall–Kier alpha value is -5.29. The fourth-order valence-electron chi connectivity index (χ4n) is 4.43. The number of pyridine rings is 1. The summed E-state index contributed by atoms with van der Waals surface area (Å²) in [5.41, 5.74) is 4.06. The van der Waals surface area contributed by atoms with Crippen molar-refractivity contribution in [2.75, 3.05) is 23.8 Å². The smallest absolute Gasteiger partial charge is 0.251 e. The average molecular weight is 597 g/mol. The molecule has 3 aromatic carbocycles. The van der Waals surface area contributed by atoms with Crippen LogP contribution >= 0.6 is 0 Å². The van der Waals surface area contributed by atoms with Gasteiger partial charge in [0.1, 0.15) is 11.6 Å². The molecule has 0 radical (unpaired) electrons. The molecule has 2 aromatic heterocycles. The molecule has 10 nitrogen and oxygen atoms in total. The van der Waals surface area contributed by atoms with Crippen LogP contribution in [0.4, 0.5) is 21.7 Å². The highest BCUT2D eigenvalue weighted by Crippen LogP contribution is 2.29. The third kappa shape index (κ3) is 7.37. The van der Waals surface area contributed by atoms with Crippen LogP contribution in [-0.4, -0.2) is 50.3 Å². The van der Waals surface area contributed by atoms with Gasteiger partial charge in [-0.25, -0.2) is 8.91 Å². The zero-order valence-corrected chi connectivity index (χ0v) is 24.6. The van der Waals surface area contributed by atoms with E-state index in [9.17, 15) is 19.1 Å². The van der Waals surface area contributed by atoms with Crippen molar-refractivity contribution in [3.05, 3.63) is 102 Å². The van der Waals surface area contributed by atoms with E-state index in [4.69, 9.17) is 4.74 Å². The van der Waals surface area contributed by atoms with E-state index in [2.05, 4.69) is 26.0 Å². The number of fused-ring (bicyclic) bond motifs is 1. The number of aliphatic hydroxyl groups is 1. The number of nitrogens with one attached hydrogen (secondary N) is 3. The Morgan fingerprint density at radius 1 is 0.977 bits per heavy atom. The number of amides is 2. The Bertz CT molecular complexity index is 1790. The van der Waals surface area contributed by atoms with Crippen molar-refractivity contribution in [3.8, 4) is 16.9 Å². The summed E-state index contributed by atoms with van der Waals surface area (Å²) in [5.74, 6) is -0.0402. The maximum Gasteiger partial charge on any atom is 0.251 e. The highest BCUT2D eigenvalue weighted by molar-refractivity contribution is 5.96. The molecule has 0 atom stereocenters. The number of carbonyl (C=O) groups excluding carboxylic acids is 2. The van der Waals surface area contributed by atoms with E-state index >= 15 is 0 Å². The molecule has 0 bridgehead atoms. The quantitative estimate of drug-likeness (QED) is 0.162. The highest BCUT2D eigenvalue weighted by atomic mass is 19.1. The molecule has 0 aliphatic heterocycles. The molecule has 11 heteroatoms. The van der Waals surface area contributed by atoms with Crippen LogP contribution in [-0.2, 0) is 11.2 Å². The van der Waals surface area contributed by atoms with Gasteiger partial charge < -0.3 is 25.8 Å². The Kier molecular flexibility index (Phi) is 8.86. The fourth-order valence-corrected chi connectivity index (χ4v) is 4.43. The first-order chi connectivity index (χ1) is 21.1. The van der Waals surface area contributed by atoms with Crippen molar-refractivity contribution in [2.45, 2.75) is 32.7 Å². The molecule has 0 fully saturated rings. The summed E-state index contributed by atoms with van der Waals surface area (Å²) in [4.78, 5) is 29.7. The Morgan fingerprint density at radius 3 is 2.41 bits per heavy atom. The second-order valence-corrected chi connectivity index (χ2v) is 10.8. The van der Waals surface area contributed by atoms with Crippen LogP contribution in [0, 0.1) is 5.82 Å². The average Bonchev–Trinajstić information content (AvgIpc) is 3.41. The minimum Gasteiger partial charge on any atom is -0.492 e. The number of carbonyl (C=O) groups is 2. The number of benzene rings is 3. The molecule has 226 valence electrons. The van der Waals surface area contributed by atoms with Gasteiger partial charge in [0.15, 0.2) is 5.65 Å². The van der Waals surface area contributed by atoms with E-state index in [1.54, 1.807) is 48.7 Å². The lowest BCUT2D eigenvalue weighted by molar-refractivity contribution is -0.115. The van der Waals surface area contributed by atoms with Crippen molar-refractivity contribution in [1.82, 2.24) is 19.9 Å². The summed E-state index contributed by atoms with van der Waals surface area (Å²) in [6, 6.07) is 22.1. The molecule has 2 amide bonds. The van der Waals surface area contributed by atoms with Gasteiger partial charge in [-0.15, -0.1) is 5.10 Å². The number of aromatic nitrogens is 3. The summed E-state index contributed by atoms with van der Waals surface area (Å²) >= 11 is 0. The van der Waals surface area contributed by atoms with Crippen LogP contribution in [0.25, 0.3) is 16.8 Å². The first-order valence-electron chi connectivity index (χ1n) is 14.1. The Balaban J connectivity index is 1.28. The summed E-state index contributed by atoms with van der Waals surface area (Å²) in [7, 11) is 0. The number of rotatable bonds is 11. The van der Waals surface area contributed by atoms with Crippen molar-refractivity contribution in [3.63, 3.8) is 0 Å². The molecule has 5 aromatic rings. The van der Waals surface area contributed by atoms with Gasteiger partial charge in [0.05, 0.1) is 30.9 Å². The topological polar surface area (TPSA) is 130 Å². The van der Waals surface area contributed by atoms with E-state index in [0.717, 1.165) is 16.7 Å². The van der Waals surface area contributed by atoms with E-state index in [1.165, 1.54) is 12.1 Å². The highest BCUT2D eigenvalue weighted by Gasteiger charge is 2.21. The molecule has 4 N–H and O–H groups in total. The van der Waals surface area contributed by atoms with Gasteiger partial charge in [-0.1, -0.05) is 24.3 Å². The number of ether oxygens (including phenoxy) is 1. The van der Waals surface area contributed by atoms with Gasteiger partial charge in [-0.05, 0) is 86.5 Å². The standard InChI is InChI=1S/C33H33FN6O4/c1-4-44-28-18-23(31(43)38-33(2,3)20-41)9-15-27(28)36-32-37-29-16-10-24(19-40(29)39-32)22-7-13-26(14-8-22)35-30(42)17-21-5-11-25(34)12-6-21/h5-16,18-19,41H,4,17,20H2,1-3H3,(H,35,42)(H,36,39)(H,38,43). The van der Waals surface area contributed by atoms with Crippen LogP contribution in [0.5, 0.6) is 5.75 Å². The molecular weight excluding hydrogens is 563 g/mol. The largest absolute Gasteiger partial charge is 0.492 e. The number of anilines is 3. The second-order valence-electron chi connectivity index (χ2n) is 10.8. The van der Waals surface area contributed by atoms with Crippen LogP contribution in [0.3, 0.4) is 0 Å².